The van der Waals surface area contributed by atoms with E-state index in [2.05, 4.69) is 18.7 Å². The van der Waals surface area contributed by atoms with Gasteiger partial charge in [-0.3, -0.25) is 4.90 Å². The maximum absolute atomic E-state index is 12.1. The van der Waals surface area contributed by atoms with Crippen molar-refractivity contribution in [3.63, 3.8) is 0 Å². The first kappa shape index (κ1) is 21.1. The van der Waals surface area contributed by atoms with Gasteiger partial charge in [0.2, 0.25) is 0 Å². The number of hydrogen-bond donors (Lipinski definition) is 1. The van der Waals surface area contributed by atoms with Gasteiger partial charge in [0.25, 0.3) is 0 Å². The van der Waals surface area contributed by atoms with Crippen LogP contribution in [0, 0.1) is 5.92 Å². The first-order valence-electron chi connectivity index (χ1n) is 9.87. The van der Waals surface area contributed by atoms with Crippen LogP contribution in [-0.2, 0) is 10.3 Å². The Hall–Kier alpha value is -1.59. The van der Waals surface area contributed by atoms with Crippen molar-refractivity contribution in [2.45, 2.75) is 25.4 Å². The molecule has 1 aliphatic heterocycles. The fourth-order valence-corrected chi connectivity index (χ4v) is 4.16. The molecule has 0 bridgehead atoms. The first-order chi connectivity index (χ1) is 13.4. The van der Waals surface area contributed by atoms with E-state index in [1.54, 1.807) is 7.11 Å². The number of methoxy groups -OCH3 is 1. The molecule has 2 aromatic rings. The molecular formula is C23H30ClNO3. The Balaban J connectivity index is 2.03. The minimum Gasteiger partial charge on any atom is -0.497 e. The number of hydrogen-bond acceptors (Lipinski definition) is 4. The van der Waals surface area contributed by atoms with Crippen LogP contribution in [0.3, 0.4) is 0 Å². The average molecular weight is 404 g/mol. The minimum atomic E-state index is -1.03. The lowest BCUT2D eigenvalue weighted by molar-refractivity contribution is -0.0547. The Bertz CT molecular complexity index is 741. The number of nitrogens with zero attached hydrogens (tertiary/aromatic N) is 1. The monoisotopic (exact) mass is 403 g/mol. The zero-order chi connectivity index (χ0) is 20.1. The number of halogens is 1. The van der Waals surface area contributed by atoms with E-state index in [1.807, 2.05) is 48.5 Å². The number of aliphatic hydroxyl groups is 1. The summed E-state index contributed by atoms with van der Waals surface area (Å²) < 4.78 is 10.8. The number of benzene rings is 2. The molecule has 0 amide bonds. The van der Waals surface area contributed by atoms with E-state index in [9.17, 15) is 5.11 Å². The Kier molecular flexibility index (Phi) is 7.00. The van der Waals surface area contributed by atoms with Crippen LogP contribution in [0.25, 0.3) is 0 Å². The second-order valence-electron chi connectivity index (χ2n) is 7.73. The highest BCUT2D eigenvalue weighted by Gasteiger charge is 2.43. The third kappa shape index (κ3) is 4.52. The van der Waals surface area contributed by atoms with E-state index in [0.29, 0.717) is 5.02 Å². The summed E-state index contributed by atoms with van der Waals surface area (Å²) in [5.41, 5.74) is 0.956. The van der Waals surface area contributed by atoms with Crippen molar-refractivity contribution in [2.24, 2.45) is 5.92 Å². The molecule has 2 atom stereocenters. The van der Waals surface area contributed by atoms with Crippen molar-refractivity contribution in [3.8, 4) is 5.75 Å². The number of ether oxygens (including phenoxy) is 2. The summed E-state index contributed by atoms with van der Waals surface area (Å²) in [4.78, 5) is 2.37. The van der Waals surface area contributed by atoms with Gasteiger partial charge in [0, 0.05) is 30.6 Å². The van der Waals surface area contributed by atoms with Gasteiger partial charge in [-0.05, 0) is 41.3 Å². The molecule has 2 aromatic carbocycles. The predicted octanol–water partition coefficient (Wildman–Crippen LogP) is 4.31. The topological polar surface area (TPSA) is 41.9 Å². The van der Waals surface area contributed by atoms with E-state index in [1.165, 1.54) is 0 Å². The summed E-state index contributed by atoms with van der Waals surface area (Å²) in [6.45, 7) is 8.12. The lowest BCUT2D eigenvalue weighted by Crippen LogP contribution is -2.47. The average Bonchev–Trinajstić information content (AvgIpc) is 2.73. The molecule has 4 nitrogen and oxygen atoms in total. The fourth-order valence-electron chi connectivity index (χ4n) is 4.03. The highest BCUT2D eigenvalue weighted by molar-refractivity contribution is 6.30. The molecule has 1 aliphatic rings. The highest BCUT2D eigenvalue weighted by atomic mass is 35.5. The summed E-state index contributed by atoms with van der Waals surface area (Å²) in [5, 5.41) is 12.8. The van der Waals surface area contributed by atoms with Crippen LogP contribution < -0.4 is 4.74 Å². The SMILES string of the molecule is COc1ccc([C@@](O)(C(C)C)[C@@H](CN2CCOCC2)c2ccc(Cl)cc2)cc1. The summed E-state index contributed by atoms with van der Waals surface area (Å²) >= 11 is 6.13. The fraction of sp³-hybridized carbons (Fsp3) is 0.478. The molecule has 28 heavy (non-hydrogen) atoms. The van der Waals surface area contributed by atoms with E-state index < -0.39 is 5.60 Å². The molecule has 5 heteroatoms. The smallest absolute Gasteiger partial charge is 0.118 e. The summed E-state index contributed by atoms with van der Waals surface area (Å²) in [7, 11) is 1.65. The molecule has 1 heterocycles. The van der Waals surface area contributed by atoms with Crippen LogP contribution >= 0.6 is 11.6 Å². The summed E-state index contributed by atoms with van der Waals surface area (Å²) in [6.07, 6.45) is 0. The molecule has 1 fully saturated rings. The van der Waals surface area contributed by atoms with Crippen LogP contribution in [-0.4, -0.2) is 50.0 Å². The van der Waals surface area contributed by atoms with Crippen molar-refractivity contribution in [3.05, 3.63) is 64.7 Å². The molecule has 3 rings (SSSR count). The standard InChI is InChI=1S/C23H30ClNO3/c1-17(2)23(26,19-6-10-21(27-3)11-7-19)22(16-25-12-14-28-15-13-25)18-4-8-20(24)9-5-18/h4-11,17,22,26H,12-16H2,1-3H3/t22-,23-/m0/s1. The Morgan fingerprint density at radius 1 is 1.07 bits per heavy atom. The third-order valence-corrected chi connectivity index (χ3v) is 6.03. The number of morpholine rings is 1. The zero-order valence-corrected chi connectivity index (χ0v) is 17.7. The van der Waals surface area contributed by atoms with Gasteiger partial charge in [-0.15, -0.1) is 0 Å². The number of rotatable bonds is 7. The molecule has 152 valence electrons. The van der Waals surface area contributed by atoms with Crippen LogP contribution in [0.2, 0.25) is 5.02 Å². The van der Waals surface area contributed by atoms with Crippen LogP contribution in [0.5, 0.6) is 5.75 Å². The van der Waals surface area contributed by atoms with Crippen LogP contribution in [0.1, 0.15) is 30.9 Å². The second kappa shape index (κ2) is 9.27. The minimum absolute atomic E-state index is 0.0163. The third-order valence-electron chi connectivity index (χ3n) is 5.78. The van der Waals surface area contributed by atoms with Gasteiger partial charge in [0.05, 0.1) is 25.9 Å². The van der Waals surface area contributed by atoms with Gasteiger partial charge in [-0.2, -0.15) is 0 Å². The Morgan fingerprint density at radius 3 is 2.21 bits per heavy atom. The van der Waals surface area contributed by atoms with E-state index >= 15 is 0 Å². The van der Waals surface area contributed by atoms with Crippen molar-refractivity contribution in [1.82, 2.24) is 4.90 Å². The van der Waals surface area contributed by atoms with E-state index in [0.717, 1.165) is 49.7 Å². The molecular weight excluding hydrogens is 374 g/mol. The van der Waals surface area contributed by atoms with Crippen molar-refractivity contribution >= 4 is 11.6 Å². The second-order valence-corrected chi connectivity index (χ2v) is 8.16. The van der Waals surface area contributed by atoms with E-state index in [4.69, 9.17) is 21.1 Å². The lowest BCUT2D eigenvalue weighted by atomic mass is 9.70. The lowest BCUT2D eigenvalue weighted by Gasteiger charge is -2.43. The molecule has 1 N–H and O–H groups in total. The predicted molar refractivity (Wildman–Crippen MR) is 113 cm³/mol. The maximum atomic E-state index is 12.1. The molecule has 0 aromatic heterocycles. The van der Waals surface area contributed by atoms with Gasteiger partial charge in [-0.25, -0.2) is 0 Å². The highest BCUT2D eigenvalue weighted by Crippen LogP contribution is 2.44. The molecule has 0 radical (unpaired) electrons. The van der Waals surface area contributed by atoms with Gasteiger partial charge >= 0.3 is 0 Å². The molecule has 0 unspecified atom stereocenters. The van der Waals surface area contributed by atoms with Gasteiger partial charge in [-0.1, -0.05) is 49.7 Å². The molecule has 0 aliphatic carbocycles. The van der Waals surface area contributed by atoms with Gasteiger partial charge < -0.3 is 14.6 Å². The summed E-state index contributed by atoms with van der Waals surface area (Å²) in [6, 6.07) is 15.6. The Labute approximate surface area is 173 Å². The molecule has 0 saturated carbocycles. The maximum Gasteiger partial charge on any atom is 0.118 e. The molecule has 1 saturated heterocycles. The van der Waals surface area contributed by atoms with Gasteiger partial charge in [0.1, 0.15) is 5.75 Å². The van der Waals surface area contributed by atoms with E-state index in [-0.39, 0.29) is 11.8 Å². The Morgan fingerprint density at radius 2 is 1.68 bits per heavy atom. The summed E-state index contributed by atoms with van der Waals surface area (Å²) in [5.74, 6) is 0.699. The van der Waals surface area contributed by atoms with Crippen molar-refractivity contribution in [2.75, 3.05) is 40.0 Å². The van der Waals surface area contributed by atoms with Gasteiger partial charge in [0.15, 0.2) is 0 Å². The van der Waals surface area contributed by atoms with Crippen molar-refractivity contribution in [1.29, 1.82) is 0 Å². The quantitative estimate of drug-likeness (QED) is 0.748. The zero-order valence-electron chi connectivity index (χ0n) is 16.9. The van der Waals surface area contributed by atoms with Crippen LogP contribution in [0.15, 0.2) is 48.5 Å². The largest absolute Gasteiger partial charge is 0.497 e. The van der Waals surface area contributed by atoms with Crippen molar-refractivity contribution < 1.29 is 14.6 Å². The first-order valence-corrected chi connectivity index (χ1v) is 10.3. The molecule has 0 spiro atoms. The normalized spacial score (nSPS) is 18.6. The van der Waals surface area contributed by atoms with Crippen LogP contribution in [0.4, 0.5) is 0 Å².